The van der Waals surface area contributed by atoms with Gasteiger partial charge in [-0.15, -0.1) is 5.10 Å². The zero-order valence-corrected chi connectivity index (χ0v) is 18.7. The largest absolute Gasteiger partial charge is 0.493 e. The topological polar surface area (TPSA) is 82.8 Å². The van der Waals surface area contributed by atoms with Gasteiger partial charge in [-0.3, -0.25) is 9.59 Å². The highest BCUT2D eigenvalue weighted by Gasteiger charge is 2.15. The van der Waals surface area contributed by atoms with Crippen molar-refractivity contribution in [2.45, 2.75) is 13.8 Å². The summed E-state index contributed by atoms with van der Waals surface area (Å²) in [6, 6.07) is 11.2. The fourth-order valence-corrected chi connectivity index (χ4v) is 4.44. The van der Waals surface area contributed by atoms with Gasteiger partial charge in [-0.05, 0) is 52.2 Å². The second-order valence-electron chi connectivity index (χ2n) is 6.49. The van der Waals surface area contributed by atoms with Gasteiger partial charge in [-0.1, -0.05) is 35.6 Å². The van der Waals surface area contributed by atoms with E-state index in [1.165, 1.54) is 29.9 Å². The van der Waals surface area contributed by atoms with Crippen molar-refractivity contribution in [3.05, 3.63) is 66.9 Å². The molecule has 7 nitrogen and oxygen atoms in total. The van der Waals surface area contributed by atoms with E-state index in [0.717, 1.165) is 11.1 Å². The lowest BCUT2D eigenvalue weighted by atomic mass is 10.1. The Morgan fingerprint density at radius 1 is 1.27 bits per heavy atom. The zero-order valence-electron chi connectivity index (χ0n) is 16.3. The van der Waals surface area contributed by atoms with Crippen molar-refractivity contribution in [2.75, 3.05) is 7.11 Å². The molecule has 0 saturated carbocycles. The molecule has 0 aliphatic heterocycles. The molecule has 0 unspecified atom stereocenters. The molecule has 2 heterocycles. The number of aromatic nitrogens is 3. The number of halogens is 1. The molecule has 0 fully saturated rings. The van der Waals surface area contributed by atoms with E-state index in [-0.39, 0.29) is 11.3 Å². The number of carbonyl (C=O) groups is 1. The normalized spacial score (nSPS) is 11.8. The van der Waals surface area contributed by atoms with Crippen molar-refractivity contribution >= 4 is 44.3 Å². The molecule has 0 bridgehead atoms. The van der Waals surface area contributed by atoms with Crippen molar-refractivity contribution in [1.82, 2.24) is 14.6 Å². The highest BCUT2D eigenvalue weighted by Crippen LogP contribution is 2.37. The minimum absolute atomic E-state index is 0.249. The molecule has 152 valence electrons. The number of thiazole rings is 1. The third-order valence-electron chi connectivity index (χ3n) is 4.36. The first-order valence-electron chi connectivity index (χ1n) is 8.90. The number of rotatable bonds is 4. The summed E-state index contributed by atoms with van der Waals surface area (Å²) < 4.78 is 12.9. The Balaban J connectivity index is 1.79. The lowest BCUT2D eigenvalue weighted by molar-refractivity contribution is -0.132. The first-order chi connectivity index (χ1) is 14.4. The standard InChI is InChI=1S/C21H16BrN3O4S/c1-11-6-4-5-7-14(11)19-23-21-25(24-19)20(27)17(30-21)10-13-8-15(22)18(29-12(2)26)16(9-13)28-3/h4-10H,1-3H3/b17-10-. The maximum absolute atomic E-state index is 12.8. The summed E-state index contributed by atoms with van der Waals surface area (Å²) in [5.74, 6) is 0.732. The van der Waals surface area contributed by atoms with Gasteiger partial charge < -0.3 is 9.47 Å². The lowest BCUT2D eigenvalue weighted by Gasteiger charge is -2.10. The number of carbonyl (C=O) groups excluding carboxylic acids is 1. The number of hydrogen-bond donors (Lipinski definition) is 0. The molecule has 0 aliphatic carbocycles. The molecule has 0 spiro atoms. The van der Waals surface area contributed by atoms with E-state index in [4.69, 9.17) is 9.47 Å². The number of methoxy groups -OCH3 is 1. The van der Waals surface area contributed by atoms with Crippen molar-refractivity contribution in [2.24, 2.45) is 0 Å². The second-order valence-corrected chi connectivity index (χ2v) is 8.35. The third-order valence-corrected chi connectivity index (χ3v) is 5.91. The predicted octanol–water partition coefficient (Wildman–Crippen LogP) is 3.37. The fourth-order valence-electron chi connectivity index (χ4n) is 2.99. The van der Waals surface area contributed by atoms with E-state index in [0.29, 0.717) is 31.1 Å². The van der Waals surface area contributed by atoms with Gasteiger partial charge in [0.05, 0.1) is 16.1 Å². The molecule has 2 aromatic heterocycles. The molecule has 30 heavy (non-hydrogen) atoms. The lowest BCUT2D eigenvalue weighted by Crippen LogP contribution is -2.23. The zero-order chi connectivity index (χ0) is 21.4. The summed E-state index contributed by atoms with van der Waals surface area (Å²) in [5.41, 5.74) is 2.39. The Hall–Kier alpha value is -3.04. The van der Waals surface area contributed by atoms with E-state index >= 15 is 0 Å². The van der Waals surface area contributed by atoms with Gasteiger partial charge >= 0.3 is 5.97 Å². The Labute approximate surface area is 183 Å². The van der Waals surface area contributed by atoms with Crippen LogP contribution in [0, 0.1) is 6.92 Å². The molecule has 4 aromatic rings. The van der Waals surface area contributed by atoms with E-state index in [2.05, 4.69) is 26.0 Å². The van der Waals surface area contributed by atoms with Crippen LogP contribution in [0.3, 0.4) is 0 Å². The van der Waals surface area contributed by atoms with Crippen LogP contribution in [0.5, 0.6) is 11.5 Å². The average molecular weight is 486 g/mol. The van der Waals surface area contributed by atoms with Gasteiger partial charge in [0.15, 0.2) is 17.3 Å². The predicted molar refractivity (Wildman–Crippen MR) is 118 cm³/mol. The third kappa shape index (κ3) is 3.73. The van der Waals surface area contributed by atoms with Crippen LogP contribution in [0.15, 0.2) is 45.7 Å². The molecular formula is C21H16BrN3O4S. The molecular weight excluding hydrogens is 470 g/mol. The Morgan fingerprint density at radius 3 is 2.70 bits per heavy atom. The number of fused-ring (bicyclic) bond motifs is 1. The first-order valence-corrected chi connectivity index (χ1v) is 10.5. The highest BCUT2D eigenvalue weighted by molar-refractivity contribution is 9.10. The SMILES string of the molecule is COc1cc(/C=c2\sc3nc(-c4ccccc4C)nn3c2=O)cc(Br)c1OC(C)=O. The minimum Gasteiger partial charge on any atom is -0.493 e. The van der Waals surface area contributed by atoms with Gasteiger partial charge in [-0.25, -0.2) is 0 Å². The van der Waals surface area contributed by atoms with Crippen LogP contribution in [-0.4, -0.2) is 27.7 Å². The van der Waals surface area contributed by atoms with Crippen LogP contribution in [0.4, 0.5) is 0 Å². The molecule has 0 radical (unpaired) electrons. The van der Waals surface area contributed by atoms with E-state index in [9.17, 15) is 9.59 Å². The first kappa shape index (κ1) is 20.2. The molecule has 0 amide bonds. The van der Waals surface area contributed by atoms with Crippen molar-refractivity contribution in [3.8, 4) is 22.9 Å². The maximum atomic E-state index is 12.8. The summed E-state index contributed by atoms with van der Waals surface area (Å²) in [7, 11) is 1.48. The molecule has 0 aliphatic rings. The summed E-state index contributed by atoms with van der Waals surface area (Å²) in [4.78, 5) is 29.2. The highest BCUT2D eigenvalue weighted by atomic mass is 79.9. The summed E-state index contributed by atoms with van der Waals surface area (Å²) in [5, 5.41) is 4.40. The maximum Gasteiger partial charge on any atom is 0.308 e. The van der Waals surface area contributed by atoms with Crippen LogP contribution in [0.1, 0.15) is 18.1 Å². The van der Waals surface area contributed by atoms with Gasteiger partial charge in [-0.2, -0.15) is 9.50 Å². The van der Waals surface area contributed by atoms with Crippen LogP contribution in [0.25, 0.3) is 22.4 Å². The summed E-state index contributed by atoms with van der Waals surface area (Å²) in [6.07, 6.45) is 1.72. The number of esters is 1. The van der Waals surface area contributed by atoms with Gasteiger partial charge in [0.25, 0.3) is 5.56 Å². The van der Waals surface area contributed by atoms with Crippen molar-refractivity contribution in [1.29, 1.82) is 0 Å². The molecule has 0 atom stereocenters. The Morgan fingerprint density at radius 2 is 2.03 bits per heavy atom. The Kier molecular flexibility index (Phi) is 5.40. The molecule has 2 aromatic carbocycles. The number of ether oxygens (including phenoxy) is 2. The number of hydrogen-bond acceptors (Lipinski definition) is 7. The van der Waals surface area contributed by atoms with Crippen LogP contribution >= 0.6 is 27.3 Å². The van der Waals surface area contributed by atoms with Crippen molar-refractivity contribution in [3.63, 3.8) is 0 Å². The Bertz CT molecular complexity index is 1390. The number of nitrogens with zero attached hydrogens (tertiary/aromatic N) is 3. The van der Waals surface area contributed by atoms with E-state index in [1.807, 2.05) is 31.2 Å². The second kappa shape index (κ2) is 8.00. The van der Waals surface area contributed by atoms with Gasteiger partial charge in [0, 0.05) is 12.5 Å². The van der Waals surface area contributed by atoms with E-state index < -0.39 is 5.97 Å². The molecule has 4 rings (SSSR count). The van der Waals surface area contributed by atoms with Crippen LogP contribution < -0.4 is 19.6 Å². The quantitative estimate of drug-likeness (QED) is 0.325. The fraction of sp³-hybridized carbons (Fsp3) is 0.143. The monoisotopic (exact) mass is 485 g/mol. The number of benzene rings is 2. The molecule has 0 N–H and O–H groups in total. The summed E-state index contributed by atoms with van der Waals surface area (Å²) >= 11 is 4.64. The summed E-state index contributed by atoms with van der Waals surface area (Å²) in [6.45, 7) is 3.29. The minimum atomic E-state index is -0.456. The number of aryl methyl sites for hydroxylation is 1. The smallest absolute Gasteiger partial charge is 0.308 e. The van der Waals surface area contributed by atoms with Gasteiger partial charge in [0.2, 0.25) is 4.96 Å². The average Bonchev–Trinajstić information content (AvgIpc) is 3.23. The molecule has 9 heteroatoms. The van der Waals surface area contributed by atoms with Crippen LogP contribution in [-0.2, 0) is 4.79 Å². The van der Waals surface area contributed by atoms with Crippen molar-refractivity contribution < 1.29 is 14.3 Å². The molecule has 0 saturated heterocycles. The van der Waals surface area contributed by atoms with Crippen LogP contribution in [0.2, 0.25) is 0 Å². The van der Waals surface area contributed by atoms with Gasteiger partial charge in [0.1, 0.15) is 0 Å². The van der Waals surface area contributed by atoms with E-state index in [1.54, 1.807) is 18.2 Å².